The van der Waals surface area contributed by atoms with Crippen molar-refractivity contribution in [1.82, 2.24) is 0 Å². The number of hydrogen-bond donors (Lipinski definition) is 1. The number of fused-ring (bicyclic) bond motifs is 1. The van der Waals surface area contributed by atoms with Crippen molar-refractivity contribution < 1.29 is 12.8 Å². The fourth-order valence-electron chi connectivity index (χ4n) is 2.77. The van der Waals surface area contributed by atoms with Gasteiger partial charge in [-0.3, -0.25) is 4.72 Å². The number of allylic oxidation sites excluding steroid dienone is 1. The molecule has 6 heteroatoms. The second kappa shape index (κ2) is 6.57. The summed E-state index contributed by atoms with van der Waals surface area (Å²) in [7, 11) is -3.40. The van der Waals surface area contributed by atoms with Gasteiger partial charge in [0.25, 0.3) is 0 Å². The Morgan fingerprint density at radius 3 is 2.52 bits per heavy atom. The normalized spacial score (nSPS) is 11.4. The molecule has 2 aromatic carbocycles. The van der Waals surface area contributed by atoms with E-state index in [2.05, 4.69) is 11.3 Å². The molecule has 1 aromatic heterocycles. The lowest BCUT2D eigenvalue weighted by Crippen LogP contribution is -2.09. The molecular formula is C19H17NO4S. The van der Waals surface area contributed by atoms with Crippen molar-refractivity contribution in [2.45, 2.75) is 6.42 Å². The second-order valence-electron chi connectivity index (χ2n) is 5.69. The van der Waals surface area contributed by atoms with Gasteiger partial charge in [0.1, 0.15) is 5.76 Å². The first-order valence-electron chi connectivity index (χ1n) is 7.63. The smallest absolute Gasteiger partial charge is 0.344 e. The Morgan fingerprint density at radius 1 is 1.12 bits per heavy atom. The summed E-state index contributed by atoms with van der Waals surface area (Å²) < 4.78 is 30.9. The quantitative estimate of drug-likeness (QED) is 0.710. The SMILES string of the molecule is C=CCc1c(-c2cccc(NS(C)(=O)=O)c2)oc(=O)c2ccccc12. The van der Waals surface area contributed by atoms with Crippen molar-refractivity contribution >= 4 is 26.5 Å². The van der Waals surface area contributed by atoms with Gasteiger partial charge in [-0.05, 0) is 30.0 Å². The molecule has 1 N–H and O–H groups in total. The van der Waals surface area contributed by atoms with Gasteiger partial charge in [0.2, 0.25) is 10.0 Å². The Morgan fingerprint density at radius 2 is 1.84 bits per heavy atom. The first-order valence-corrected chi connectivity index (χ1v) is 9.52. The van der Waals surface area contributed by atoms with Gasteiger partial charge in [0, 0.05) is 16.8 Å². The maximum absolute atomic E-state index is 12.3. The highest BCUT2D eigenvalue weighted by molar-refractivity contribution is 7.92. The van der Waals surface area contributed by atoms with E-state index in [1.807, 2.05) is 12.1 Å². The number of rotatable bonds is 5. The second-order valence-corrected chi connectivity index (χ2v) is 7.44. The lowest BCUT2D eigenvalue weighted by molar-refractivity contribution is 0.530. The maximum Gasteiger partial charge on any atom is 0.344 e. The monoisotopic (exact) mass is 355 g/mol. The minimum absolute atomic E-state index is 0.403. The largest absolute Gasteiger partial charge is 0.422 e. The summed E-state index contributed by atoms with van der Waals surface area (Å²) in [4.78, 5) is 12.3. The third-order valence-corrected chi connectivity index (χ3v) is 4.32. The fourth-order valence-corrected chi connectivity index (χ4v) is 3.33. The van der Waals surface area contributed by atoms with Gasteiger partial charge in [-0.15, -0.1) is 6.58 Å². The van der Waals surface area contributed by atoms with Gasteiger partial charge in [0.15, 0.2) is 0 Å². The summed E-state index contributed by atoms with van der Waals surface area (Å²) in [5.41, 5.74) is 1.43. The van der Waals surface area contributed by atoms with Crippen molar-refractivity contribution in [3.63, 3.8) is 0 Å². The Balaban J connectivity index is 2.25. The van der Waals surface area contributed by atoms with Crippen LogP contribution in [0.3, 0.4) is 0 Å². The van der Waals surface area contributed by atoms with Gasteiger partial charge in [-0.1, -0.05) is 36.4 Å². The van der Waals surface area contributed by atoms with E-state index in [9.17, 15) is 13.2 Å². The summed E-state index contributed by atoms with van der Waals surface area (Å²) >= 11 is 0. The zero-order valence-corrected chi connectivity index (χ0v) is 14.5. The number of hydrogen-bond acceptors (Lipinski definition) is 4. The number of sulfonamides is 1. The zero-order valence-electron chi connectivity index (χ0n) is 13.7. The average molecular weight is 355 g/mol. The topological polar surface area (TPSA) is 76.4 Å². The molecule has 1 heterocycles. The minimum atomic E-state index is -3.40. The Hall–Kier alpha value is -2.86. The molecule has 25 heavy (non-hydrogen) atoms. The van der Waals surface area contributed by atoms with Gasteiger partial charge in [-0.2, -0.15) is 0 Å². The standard InChI is InChI=1S/C19H17NO4S/c1-3-7-16-15-10-4-5-11-17(15)19(21)24-18(16)13-8-6-9-14(12-13)20-25(2,22)23/h3-6,8-12,20H,1,7H2,2H3. The molecule has 128 valence electrons. The minimum Gasteiger partial charge on any atom is -0.422 e. The first kappa shape index (κ1) is 17.0. The van der Waals surface area contributed by atoms with Crippen molar-refractivity contribution in [3.05, 3.63) is 77.2 Å². The molecule has 0 radical (unpaired) electrons. The maximum atomic E-state index is 12.3. The number of nitrogens with one attached hydrogen (secondary N) is 1. The van der Waals surface area contributed by atoms with Crippen molar-refractivity contribution in [1.29, 1.82) is 0 Å². The van der Waals surface area contributed by atoms with E-state index in [0.717, 1.165) is 17.2 Å². The molecule has 0 saturated heterocycles. The van der Waals surface area contributed by atoms with Crippen LogP contribution in [0.2, 0.25) is 0 Å². The number of benzene rings is 2. The molecule has 5 nitrogen and oxygen atoms in total. The molecule has 0 aliphatic heterocycles. The molecular weight excluding hydrogens is 338 g/mol. The Labute approximate surface area is 145 Å². The van der Waals surface area contributed by atoms with Crippen molar-refractivity contribution in [3.8, 4) is 11.3 Å². The highest BCUT2D eigenvalue weighted by Gasteiger charge is 2.15. The molecule has 0 bridgehead atoms. The van der Waals surface area contributed by atoms with E-state index >= 15 is 0 Å². The summed E-state index contributed by atoms with van der Waals surface area (Å²) in [6.07, 6.45) is 3.34. The zero-order chi connectivity index (χ0) is 18.0. The first-order chi connectivity index (χ1) is 11.9. The third-order valence-electron chi connectivity index (χ3n) is 3.72. The lowest BCUT2D eigenvalue weighted by atomic mass is 9.99. The van der Waals surface area contributed by atoms with Gasteiger partial charge in [0.05, 0.1) is 11.6 Å². The number of anilines is 1. The summed E-state index contributed by atoms with van der Waals surface area (Å²) in [6, 6.07) is 14.0. The predicted molar refractivity (Wildman–Crippen MR) is 100 cm³/mol. The molecule has 0 fully saturated rings. The van der Waals surface area contributed by atoms with Gasteiger partial charge < -0.3 is 4.42 Å². The van der Waals surface area contributed by atoms with Crippen LogP contribution >= 0.6 is 0 Å². The van der Waals surface area contributed by atoms with Crippen LogP contribution in [-0.4, -0.2) is 14.7 Å². The summed E-state index contributed by atoms with van der Waals surface area (Å²) in [5.74, 6) is 0.417. The van der Waals surface area contributed by atoms with Crippen LogP contribution in [-0.2, 0) is 16.4 Å². The molecule has 0 aliphatic rings. The van der Waals surface area contributed by atoms with Crippen LogP contribution in [0.25, 0.3) is 22.1 Å². The fraction of sp³-hybridized carbons (Fsp3) is 0.105. The van der Waals surface area contributed by atoms with E-state index in [0.29, 0.717) is 28.8 Å². The molecule has 3 rings (SSSR count). The lowest BCUT2D eigenvalue weighted by Gasteiger charge is -2.11. The Bertz CT molecular complexity index is 1110. The molecule has 0 aliphatic carbocycles. The van der Waals surface area contributed by atoms with Crippen LogP contribution < -0.4 is 10.3 Å². The molecule has 0 atom stereocenters. The highest BCUT2D eigenvalue weighted by atomic mass is 32.2. The third kappa shape index (κ3) is 3.64. The summed E-state index contributed by atoms with van der Waals surface area (Å²) in [6.45, 7) is 3.77. The Kier molecular flexibility index (Phi) is 4.46. The van der Waals surface area contributed by atoms with E-state index in [-0.39, 0.29) is 0 Å². The molecule has 0 spiro atoms. The van der Waals surface area contributed by atoms with Crippen LogP contribution in [0.1, 0.15) is 5.56 Å². The van der Waals surface area contributed by atoms with Gasteiger partial charge >= 0.3 is 5.63 Å². The van der Waals surface area contributed by atoms with E-state index in [4.69, 9.17) is 4.42 Å². The summed E-state index contributed by atoms with van der Waals surface area (Å²) in [5, 5.41) is 1.31. The van der Waals surface area contributed by atoms with Crippen LogP contribution in [0.5, 0.6) is 0 Å². The highest BCUT2D eigenvalue weighted by Crippen LogP contribution is 2.30. The molecule has 0 amide bonds. The van der Waals surface area contributed by atoms with E-state index < -0.39 is 15.6 Å². The van der Waals surface area contributed by atoms with Crippen LogP contribution in [0.15, 0.2) is 70.4 Å². The molecule has 3 aromatic rings. The van der Waals surface area contributed by atoms with E-state index in [1.165, 1.54) is 0 Å². The van der Waals surface area contributed by atoms with Crippen molar-refractivity contribution in [2.75, 3.05) is 11.0 Å². The van der Waals surface area contributed by atoms with E-state index in [1.54, 1.807) is 42.5 Å². The van der Waals surface area contributed by atoms with Gasteiger partial charge in [-0.25, -0.2) is 13.2 Å². The average Bonchev–Trinajstić information content (AvgIpc) is 2.56. The predicted octanol–water partition coefficient (Wildman–Crippen LogP) is 3.56. The molecule has 0 unspecified atom stereocenters. The molecule has 0 saturated carbocycles. The van der Waals surface area contributed by atoms with Crippen molar-refractivity contribution in [2.24, 2.45) is 0 Å². The van der Waals surface area contributed by atoms with Crippen LogP contribution in [0, 0.1) is 0 Å². The van der Waals surface area contributed by atoms with Crippen LogP contribution in [0.4, 0.5) is 5.69 Å².